The van der Waals surface area contributed by atoms with Crippen LogP contribution in [0.3, 0.4) is 0 Å². The lowest BCUT2D eigenvalue weighted by Crippen LogP contribution is -2.51. The average molecular weight is 184 g/mol. The molecule has 0 aromatic rings. The molecule has 13 heavy (non-hydrogen) atoms. The molecular weight excluding hydrogens is 160 g/mol. The normalized spacial score (nSPS) is 32.3. The van der Waals surface area contributed by atoms with Crippen molar-refractivity contribution in [3.8, 4) is 0 Å². The zero-order valence-electron chi connectivity index (χ0n) is 9.27. The Kier molecular flexibility index (Phi) is 3.74. The molecule has 1 fully saturated rings. The lowest BCUT2D eigenvalue weighted by molar-refractivity contribution is 0.224. The number of nitrogens with one attached hydrogen (secondary N) is 1. The van der Waals surface area contributed by atoms with Gasteiger partial charge in [0, 0.05) is 18.1 Å². The molecule has 0 spiro atoms. The Morgan fingerprint density at radius 2 is 2.08 bits per heavy atom. The second-order valence-electron chi connectivity index (χ2n) is 5.06. The summed E-state index contributed by atoms with van der Waals surface area (Å²) in [5.41, 5.74) is 6.12. The van der Waals surface area contributed by atoms with Crippen LogP contribution in [0.15, 0.2) is 0 Å². The third-order valence-electron chi connectivity index (χ3n) is 2.99. The molecule has 2 heteroatoms. The van der Waals surface area contributed by atoms with E-state index >= 15 is 0 Å². The molecule has 0 radical (unpaired) electrons. The molecule has 0 aliphatic heterocycles. The maximum atomic E-state index is 6.13. The van der Waals surface area contributed by atoms with Gasteiger partial charge in [-0.1, -0.05) is 20.3 Å². The molecular formula is C11H24N2. The van der Waals surface area contributed by atoms with Crippen molar-refractivity contribution >= 4 is 0 Å². The Bertz CT molecular complexity index is 148. The van der Waals surface area contributed by atoms with Crippen LogP contribution in [0.5, 0.6) is 0 Å². The minimum atomic E-state index is -0.00637. The van der Waals surface area contributed by atoms with E-state index in [-0.39, 0.29) is 5.54 Å². The van der Waals surface area contributed by atoms with Crippen LogP contribution < -0.4 is 11.1 Å². The van der Waals surface area contributed by atoms with Crippen LogP contribution >= 0.6 is 0 Å². The van der Waals surface area contributed by atoms with Gasteiger partial charge in [0.25, 0.3) is 0 Å². The van der Waals surface area contributed by atoms with Crippen molar-refractivity contribution in [2.24, 2.45) is 11.7 Å². The minimum Gasteiger partial charge on any atom is -0.324 e. The van der Waals surface area contributed by atoms with Gasteiger partial charge in [-0.25, -0.2) is 0 Å². The molecule has 78 valence electrons. The van der Waals surface area contributed by atoms with Gasteiger partial charge in [-0.3, -0.25) is 0 Å². The summed E-state index contributed by atoms with van der Waals surface area (Å²) < 4.78 is 0. The van der Waals surface area contributed by atoms with E-state index in [2.05, 4.69) is 26.1 Å². The summed E-state index contributed by atoms with van der Waals surface area (Å²) in [6.45, 7) is 7.62. The predicted octanol–water partition coefficient (Wildman–Crippen LogP) is 1.89. The van der Waals surface area contributed by atoms with Gasteiger partial charge in [0.1, 0.15) is 0 Å². The molecule has 1 rings (SSSR count). The van der Waals surface area contributed by atoms with E-state index in [1.165, 1.54) is 19.3 Å². The van der Waals surface area contributed by atoms with E-state index in [1.807, 2.05) is 0 Å². The maximum absolute atomic E-state index is 6.13. The van der Waals surface area contributed by atoms with E-state index < -0.39 is 0 Å². The highest BCUT2D eigenvalue weighted by atomic mass is 15.0. The lowest BCUT2D eigenvalue weighted by Gasteiger charge is -2.36. The molecule has 0 bridgehead atoms. The quantitative estimate of drug-likeness (QED) is 0.685. The Hall–Kier alpha value is -0.0800. The zero-order valence-corrected chi connectivity index (χ0v) is 9.27. The SMILES string of the molecule is CCCC(C)(N)CNC1CC(C)C1. The van der Waals surface area contributed by atoms with Gasteiger partial charge in [-0.2, -0.15) is 0 Å². The first kappa shape index (κ1) is 11.0. The lowest BCUT2D eigenvalue weighted by atomic mass is 9.81. The van der Waals surface area contributed by atoms with Gasteiger partial charge in [0.2, 0.25) is 0 Å². The van der Waals surface area contributed by atoms with Crippen LogP contribution in [0.1, 0.15) is 46.5 Å². The van der Waals surface area contributed by atoms with Crippen molar-refractivity contribution in [2.45, 2.75) is 58.0 Å². The summed E-state index contributed by atoms with van der Waals surface area (Å²) in [7, 11) is 0. The molecule has 1 aliphatic carbocycles. The predicted molar refractivity (Wildman–Crippen MR) is 57.7 cm³/mol. The van der Waals surface area contributed by atoms with E-state index in [4.69, 9.17) is 5.73 Å². The summed E-state index contributed by atoms with van der Waals surface area (Å²) in [6.07, 6.45) is 4.96. The van der Waals surface area contributed by atoms with Crippen molar-refractivity contribution in [1.29, 1.82) is 0 Å². The standard InChI is InChI=1S/C11H24N2/c1-4-5-11(3,12)8-13-10-6-9(2)7-10/h9-10,13H,4-8,12H2,1-3H3. The number of hydrogen-bond donors (Lipinski definition) is 2. The molecule has 0 heterocycles. The summed E-state index contributed by atoms with van der Waals surface area (Å²) in [5, 5.41) is 3.55. The van der Waals surface area contributed by atoms with Gasteiger partial charge in [-0.05, 0) is 32.1 Å². The molecule has 1 aliphatic rings. The largest absolute Gasteiger partial charge is 0.324 e. The third-order valence-corrected chi connectivity index (χ3v) is 2.99. The van der Waals surface area contributed by atoms with Crippen molar-refractivity contribution in [3.63, 3.8) is 0 Å². The average Bonchev–Trinajstić information content (AvgIpc) is 1.96. The Morgan fingerprint density at radius 1 is 1.46 bits per heavy atom. The number of rotatable bonds is 5. The first-order valence-electron chi connectivity index (χ1n) is 5.56. The van der Waals surface area contributed by atoms with Crippen molar-refractivity contribution in [2.75, 3.05) is 6.54 Å². The summed E-state index contributed by atoms with van der Waals surface area (Å²) in [5.74, 6) is 0.924. The van der Waals surface area contributed by atoms with Crippen LogP contribution in [-0.2, 0) is 0 Å². The third kappa shape index (κ3) is 3.65. The second kappa shape index (κ2) is 4.43. The van der Waals surface area contributed by atoms with Gasteiger partial charge in [-0.15, -0.1) is 0 Å². The summed E-state index contributed by atoms with van der Waals surface area (Å²) in [6, 6.07) is 0.745. The van der Waals surface area contributed by atoms with Gasteiger partial charge in [0.15, 0.2) is 0 Å². The monoisotopic (exact) mass is 184 g/mol. The van der Waals surface area contributed by atoms with E-state index in [0.29, 0.717) is 0 Å². The van der Waals surface area contributed by atoms with Crippen molar-refractivity contribution in [1.82, 2.24) is 5.32 Å². The smallest absolute Gasteiger partial charge is 0.0252 e. The number of hydrogen-bond acceptors (Lipinski definition) is 2. The number of nitrogens with two attached hydrogens (primary N) is 1. The molecule has 0 amide bonds. The molecule has 1 saturated carbocycles. The maximum Gasteiger partial charge on any atom is 0.0252 e. The molecule has 0 saturated heterocycles. The van der Waals surface area contributed by atoms with Gasteiger partial charge < -0.3 is 11.1 Å². The fourth-order valence-electron chi connectivity index (χ4n) is 2.11. The van der Waals surface area contributed by atoms with Crippen LogP contribution in [0.25, 0.3) is 0 Å². The Morgan fingerprint density at radius 3 is 2.54 bits per heavy atom. The fraction of sp³-hybridized carbons (Fsp3) is 1.00. The highest BCUT2D eigenvalue weighted by Crippen LogP contribution is 2.26. The van der Waals surface area contributed by atoms with Crippen LogP contribution in [-0.4, -0.2) is 18.1 Å². The highest BCUT2D eigenvalue weighted by molar-refractivity contribution is 4.87. The first-order valence-corrected chi connectivity index (χ1v) is 5.56. The zero-order chi connectivity index (χ0) is 9.90. The molecule has 0 aromatic heterocycles. The topological polar surface area (TPSA) is 38.0 Å². The molecule has 2 nitrogen and oxygen atoms in total. The van der Waals surface area contributed by atoms with Gasteiger partial charge in [0.05, 0.1) is 0 Å². The van der Waals surface area contributed by atoms with Crippen molar-refractivity contribution < 1.29 is 0 Å². The van der Waals surface area contributed by atoms with Crippen molar-refractivity contribution in [3.05, 3.63) is 0 Å². The fourth-order valence-corrected chi connectivity index (χ4v) is 2.11. The molecule has 1 unspecified atom stereocenters. The highest BCUT2D eigenvalue weighted by Gasteiger charge is 2.27. The summed E-state index contributed by atoms with van der Waals surface area (Å²) in [4.78, 5) is 0. The van der Waals surface area contributed by atoms with Crippen LogP contribution in [0, 0.1) is 5.92 Å². The van der Waals surface area contributed by atoms with Gasteiger partial charge >= 0.3 is 0 Å². The Balaban J connectivity index is 2.10. The van der Waals surface area contributed by atoms with E-state index in [0.717, 1.165) is 24.9 Å². The van der Waals surface area contributed by atoms with E-state index in [1.54, 1.807) is 0 Å². The molecule has 3 N–H and O–H groups in total. The molecule has 0 aromatic carbocycles. The first-order chi connectivity index (χ1) is 6.03. The second-order valence-corrected chi connectivity index (χ2v) is 5.06. The van der Waals surface area contributed by atoms with Crippen LogP contribution in [0.4, 0.5) is 0 Å². The minimum absolute atomic E-state index is 0.00637. The molecule has 1 atom stereocenters. The van der Waals surface area contributed by atoms with E-state index in [9.17, 15) is 0 Å². The Labute approximate surface area is 82.3 Å². The summed E-state index contributed by atoms with van der Waals surface area (Å²) >= 11 is 0. The van der Waals surface area contributed by atoms with Crippen LogP contribution in [0.2, 0.25) is 0 Å².